The lowest BCUT2D eigenvalue weighted by Crippen LogP contribution is -2.24. The Balaban J connectivity index is 2.14. The molecule has 0 radical (unpaired) electrons. The van der Waals surface area contributed by atoms with Gasteiger partial charge in [-0.05, 0) is 17.7 Å². The van der Waals surface area contributed by atoms with Crippen molar-refractivity contribution < 1.29 is 12.8 Å². The van der Waals surface area contributed by atoms with E-state index in [4.69, 9.17) is 11.6 Å². The van der Waals surface area contributed by atoms with Crippen LogP contribution in [-0.2, 0) is 23.6 Å². The third-order valence-electron chi connectivity index (χ3n) is 2.47. The smallest absolute Gasteiger partial charge is 0.261 e. The van der Waals surface area contributed by atoms with E-state index in [2.05, 4.69) is 9.71 Å². The largest absolute Gasteiger partial charge is 0.324 e. The number of rotatable bonds is 4. The topological polar surface area (TPSA) is 64.0 Å². The Hall–Kier alpha value is -1.44. The molecule has 0 bridgehead atoms. The molecule has 1 aromatic heterocycles. The summed E-state index contributed by atoms with van der Waals surface area (Å²) in [5.74, 6) is -0.376. The molecule has 19 heavy (non-hydrogen) atoms. The Bertz CT molecular complexity index is 682. The van der Waals surface area contributed by atoms with E-state index in [9.17, 15) is 12.8 Å². The summed E-state index contributed by atoms with van der Waals surface area (Å²) in [5.41, 5.74) is 0.636. The summed E-state index contributed by atoms with van der Waals surface area (Å²) in [6, 6.07) is 5.52. The lowest BCUT2D eigenvalue weighted by Gasteiger charge is -2.05. The van der Waals surface area contributed by atoms with Gasteiger partial charge in [0.2, 0.25) is 5.03 Å². The molecule has 0 atom stereocenters. The summed E-state index contributed by atoms with van der Waals surface area (Å²) in [6.45, 7) is 0.0372. The Morgan fingerprint density at radius 3 is 2.53 bits per heavy atom. The van der Waals surface area contributed by atoms with Crippen molar-refractivity contribution in [2.45, 2.75) is 11.6 Å². The van der Waals surface area contributed by atoms with Gasteiger partial charge < -0.3 is 4.57 Å². The minimum atomic E-state index is -3.79. The molecule has 8 heteroatoms. The van der Waals surface area contributed by atoms with Gasteiger partial charge in [0, 0.05) is 13.6 Å². The number of hydrogen-bond acceptors (Lipinski definition) is 3. The minimum Gasteiger partial charge on any atom is -0.324 e. The molecule has 0 saturated carbocycles. The van der Waals surface area contributed by atoms with Crippen molar-refractivity contribution in [1.82, 2.24) is 14.3 Å². The first-order valence-corrected chi connectivity index (χ1v) is 7.17. The van der Waals surface area contributed by atoms with Gasteiger partial charge in [-0.3, -0.25) is 0 Å². The second-order valence-electron chi connectivity index (χ2n) is 3.90. The van der Waals surface area contributed by atoms with Gasteiger partial charge in [0.05, 0.1) is 6.33 Å². The number of nitrogens with zero attached hydrogens (tertiary/aromatic N) is 2. The molecule has 0 unspecified atom stereocenters. The van der Waals surface area contributed by atoms with Gasteiger partial charge in [-0.25, -0.2) is 22.5 Å². The van der Waals surface area contributed by atoms with E-state index in [0.717, 1.165) is 0 Å². The van der Waals surface area contributed by atoms with Crippen molar-refractivity contribution in [1.29, 1.82) is 0 Å². The average Bonchev–Trinajstić information content (AvgIpc) is 2.70. The number of aryl methyl sites for hydroxylation is 1. The van der Waals surface area contributed by atoms with Gasteiger partial charge in [-0.15, -0.1) is 0 Å². The predicted molar refractivity (Wildman–Crippen MR) is 68.6 cm³/mol. The van der Waals surface area contributed by atoms with Crippen LogP contribution in [0.2, 0.25) is 5.15 Å². The second-order valence-corrected chi connectivity index (χ2v) is 5.94. The van der Waals surface area contributed by atoms with E-state index in [1.165, 1.54) is 35.2 Å². The number of halogens is 2. The van der Waals surface area contributed by atoms with Crippen molar-refractivity contribution in [3.8, 4) is 0 Å². The first-order chi connectivity index (χ1) is 8.90. The molecule has 102 valence electrons. The lowest BCUT2D eigenvalue weighted by molar-refractivity contribution is 0.578. The fourth-order valence-corrected chi connectivity index (χ4v) is 2.87. The summed E-state index contributed by atoms with van der Waals surface area (Å²) in [4.78, 5) is 3.73. The SMILES string of the molecule is Cn1cnc(S(=O)(=O)NCc2ccc(F)cc2)c1Cl. The van der Waals surface area contributed by atoms with Crippen LogP contribution in [0.1, 0.15) is 5.56 Å². The van der Waals surface area contributed by atoms with Gasteiger partial charge in [0.1, 0.15) is 11.0 Å². The van der Waals surface area contributed by atoms with Crippen molar-refractivity contribution in [2.24, 2.45) is 7.05 Å². The zero-order chi connectivity index (χ0) is 14.0. The normalized spacial score (nSPS) is 11.7. The monoisotopic (exact) mass is 303 g/mol. The summed E-state index contributed by atoms with van der Waals surface area (Å²) in [7, 11) is -2.19. The molecule has 0 amide bonds. The second kappa shape index (κ2) is 5.28. The van der Waals surface area contributed by atoms with Crippen LogP contribution < -0.4 is 4.72 Å². The van der Waals surface area contributed by atoms with Gasteiger partial charge in [-0.1, -0.05) is 23.7 Å². The summed E-state index contributed by atoms with van der Waals surface area (Å²) < 4.78 is 40.4. The quantitative estimate of drug-likeness (QED) is 0.935. The van der Waals surface area contributed by atoms with Gasteiger partial charge >= 0.3 is 0 Å². The molecule has 0 spiro atoms. The summed E-state index contributed by atoms with van der Waals surface area (Å²) in [6.07, 6.45) is 1.31. The van der Waals surface area contributed by atoms with Crippen LogP contribution in [0.5, 0.6) is 0 Å². The number of imidazole rings is 1. The highest BCUT2D eigenvalue weighted by atomic mass is 35.5. The number of hydrogen-bond donors (Lipinski definition) is 1. The average molecular weight is 304 g/mol. The van der Waals surface area contributed by atoms with E-state index < -0.39 is 10.0 Å². The third kappa shape index (κ3) is 3.12. The van der Waals surface area contributed by atoms with Crippen molar-refractivity contribution in [3.63, 3.8) is 0 Å². The van der Waals surface area contributed by atoms with E-state index >= 15 is 0 Å². The molecule has 0 aliphatic rings. The maximum Gasteiger partial charge on any atom is 0.261 e. The molecule has 0 aliphatic carbocycles. The Morgan fingerprint density at radius 1 is 1.37 bits per heavy atom. The van der Waals surface area contributed by atoms with E-state index in [1.54, 1.807) is 7.05 Å². The van der Waals surface area contributed by atoms with Gasteiger partial charge in [0.25, 0.3) is 10.0 Å². The standard InChI is InChI=1S/C11H11ClFN3O2S/c1-16-7-14-11(10(16)12)19(17,18)15-6-8-2-4-9(13)5-3-8/h2-5,7,15H,6H2,1H3. The maximum absolute atomic E-state index is 12.7. The number of aromatic nitrogens is 2. The van der Waals surface area contributed by atoms with Crippen LogP contribution in [0, 0.1) is 5.82 Å². The predicted octanol–water partition coefficient (Wildman–Crippen LogP) is 1.69. The molecule has 0 fully saturated rings. The molecular formula is C11H11ClFN3O2S. The van der Waals surface area contributed by atoms with Gasteiger partial charge in [-0.2, -0.15) is 0 Å². The van der Waals surface area contributed by atoms with Crippen LogP contribution in [0.25, 0.3) is 0 Å². The minimum absolute atomic E-state index is 0.0339. The zero-order valence-corrected chi connectivity index (χ0v) is 11.5. The zero-order valence-electron chi connectivity index (χ0n) is 9.97. The Kier molecular flexibility index (Phi) is 3.88. The lowest BCUT2D eigenvalue weighted by atomic mass is 10.2. The van der Waals surface area contributed by atoms with E-state index in [1.807, 2.05) is 0 Å². The van der Waals surface area contributed by atoms with Crippen LogP contribution in [0.3, 0.4) is 0 Å². The van der Waals surface area contributed by atoms with E-state index in [0.29, 0.717) is 5.56 Å². The molecule has 2 aromatic rings. The fourth-order valence-electron chi connectivity index (χ4n) is 1.42. The molecule has 1 heterocycles. The Morgan fingerprint density at radius 2 is 2.00 bits per heavy atom. The van der Waals surface area contributed by atoms with Gasteiger partial charge in [0.15, 0.2) is 0 Å². The molecule has 1 aromatic carbocycles. The number of benzene rings is 1. The number of sulfonamides is 1. The molecule has 1 N–H and O–H groups in total. The molecule has 2 rings (SSSR count). The highest BCUT2D eigenvalue weighted by molar-refractivity contribution is 7.89. The van der Waals surface area contributed by atoms with Crippen molar-refractivity contribution in [2.75, 3.05) is 0 Å². The summed E-state index contributed by atoms with van der Waals surface area (Å²) >= 11 is 5.83. The van der Waals surface area contributed by atoms with Crippen molar-refractivity contribution in [3.05, 3.63) is 47.1 Å². The highest BCUT2D eigenvalue weighted by Gasteiger charge is 2.21. The van der Waals surface area contributed by atoms with Crippen molar-refractivity contribution >= 4 is 21.6 Å². The van der Waals surface area contributed by atoms with Crippen LogP contribution in [0.4, 0.5) is 4.39 Å². The van der Waals surface area contributed by atoms with Crippen LogP contribution in [-0.4, -0.2) is 18.0 Å². The van der Waals surface area contributed by atoms with Crippen LogP contribution in [0.15, 0.2) is 35.6 Å². The third-order valence-corrected chi connectivity index (χ3v) is 4.36. The first kappa shape index (κ1) is 14.0. The first-order valence-electron chi connectivity index (χ1n) is 5.31. The van der Waals surface area contributed by atoms with E-state index in [-0.39, 0.29) is 22.5 Å². The molecular weight excluding hydrogens is 293 g/mol. The molecule has 0 saturated heterocycles. The molecule has 5 nitrogen and oxygen atoms in total. The van der Waals surface area contributed by atoms with Crippen LogP contribution >= 0.6 is 11.6 Å². The molecule has 0 aliphatic heterocycles. The number of nitrogens with one attached hydrogen (secondary N) is 1. The highest BCUT2D eigenvalue weighted by Crippen LogP contribution is 2.18. The maximum atomic E-state index is 12.7. The summed E-state index contributed by atoms with van der Waals surface area (Å²) in [5, 5.41) is -0.189. The Labute approximate surface area is 115 Å². The fraction of sp³-hybridized carbons (Fsp3) is 0.182.